The lowest BCUT2D eigenvalue weighted by Crippen LogP contribution is -2.52. The van der Waals surface area contributed by atoms with Gasteiger partial charge < -0.3 is 16.0 Å². The van der Waals surface area contributed by atoms with Gasteiger partial charge in [0, 0.05) is 30.7 Å². The second-order valence-electron chi connectivity index (χ2n) is 8.32. The van der Waals surface area contributed by atoms with Crippen LogP contribution in [-0.4, -0.2) is 41.9 Å². The Bertz CT molecular complexity index is 694. The van der Waals surface area contributed by atoms with Crippen molar-refractivity contribution >= 4 is 11.8 Å². The van der Waals surface area contributed by atoms with Gasteiger partial charge in [-0.2, -0.15) is 0 Å². The van der Waals surface area contributed by atoms with Gasteiger partial charge in [0.25, 0.3) is 5.91 Å². The fourth-order valence-corrected chi connectivity index (χ4v) is 5.25. The van der Waals surface area contributed by atoms with Crippen LogP contribution in [0.15, 0.2) is 24.3 Å². The number of hydrogen-bond acceptors (Lipinski definition) is 3. The maximum Gasteiger partial charge on any atom is 0.251 e. The summed E-state index contributed by atoms with van der Waals surface area (Å²) in [4.78, 5) is 27.4. The molecular formula is C21H29N3O2. The van der Waals surface area contributed by atoms with Crippen LogP contribution in [0.4, 0.5) is 0 Å². The van der Waals surface area contributed by atoms with E-state index in [2.05, 4.69) is 5.32 Å². The Morgan fingerprint density at radius 2 is 1.77 bits per heavy atom. The van der Waals surface area contributed by atoms with Gasteiger partial charge in [0.1, 0.15) is 0 Å². The Kier molecular flexibility index (Phi) is 4.74. The van der Waals surface area contributed by atoms with Crippen molar-refractivity contribution in [1.29, 1.82) is 0 Å². The predicted octanol–water partition coefficient (Wildman–Crippen LogP) is 2.09. The maximum absolute atomic E-state index is 13.0. The number of amides is 2. The van der Waals surface area contributed by atoms with E-state index in [1.165, 1.54) is 6.42 Å². The molecule has 4 unspecified atom stereocenters. The molecule has 1 aliphatic heterocycles. The standard InChI is InChI=1S/C21H29N3O2/c1-13-4-2-3-5-17(13)20(25)23-16-8-10-24(11-9-16)21(26)18-14-6-7-15(12-14)19(18)22/h2-5,14-16,18-19H,6-12,22H2,1H3,(H,23,25). The van der Waals surface area contributed by atoms with Crippen LogP contribution in [0.3, 0.4) is 0 Å². The summed E-state index contributed by atoms with van der Waals surface area (Å²) in [7, 11) is 0. The molecule has 0 radical (unpaired) electrons. The lowest BCUT2D eigenvalue weighted by Gasteiger charge is -2.37. The summed E-state index contributed by atoms with van der Waals surface area (Å²) in [5.74, 6) is 1.34. The van der Waals surface area contributed by atoms with Crippen molar-refractivity contribution in [1.82, 2.24) is 10.2 Å². The van der Waals surface area contributed by atoms with Crippen LogP contribution in [0.2, 0.25) is 0 Å². The lowest BCUT2D eigenvalue weighted by atomic mass is 9.83. The van der Waals surface area contributed by atoms with Crippen LogP contribution in [0.25, 0.3) is 0 Å². The Labute approximate surface area is 155 Å². The molecule has 2 amide bonds. The molecule has 3 aliphatic rings. The highest BCUT2D eigenvalue weighted by atomic mass is 16.2. The molecule has 4 rings (SSSR count). The average Bonchev–Trinajstić information content (AvgIpc) is 3.23. The summed E-state index contributed by atoms with van der Waals surface area (Å²) in [6.45, 7) is 3.39. The summed E-state index contributed by atoms with van der Waals surface area (Å²) in [6.07, 6.45) is 5.14. The van der Waals surface area contributed by atoms with Gasteiger partial charge in [-0.15, -0.1) is 0 Å². The van der Waals surface area contributed by atoms with E-state index in [1.807, 2.05) is 36.1 Å². The molecule has 26 heavy (non-hydrogen) atoms. The van der Waals surface area contributed by atoms with Gasteiger partial charge in [0.2, 0.25) is 5.91 Å². The van der Waals surface area contributed by atoms with E-state index in [9.17, 15) is 9.59 Å². The molecule has 3 N–H and O–H groups in total. The van der Waals surface area contributed by atoms with E-state index in [-0.39, 0.29) is 29.8 Å². The first-order chi connectivity index (χ1) is 12.5. The zero-order valence-corrected chi connectivity index (χ0v) is 15.5. The zero-order valence-electron chi connectivity index (χ0n) is 15.5. The van der Waals surface area contributed by atoms with E-state index in [0.29, 0.717) is 11.8 Å². The molecule has 1 aromatic carbocycles. The number of fused-ring (bicyclic) bond motifs is 2. The summed E-state index contributed by atoms with van der Waals surface area (Å²) in [5, 5.41) is 3.14. The van der Waals surface area contributed by atoms with Gasteiger partial charge in [-0.25, -0.2) is 0 Å². The Hall–Kier alpha value is -1.88. The fourth-order valence-electron chi connectivity index (χ4n) is 5.25. The molecular weight excluding hydrogens is 326 g/mol. The minimum Gasteiger partial charge on any atom is -0.349 e. The molecule has 1 aromatic rings. The Morgan fingerprint density at radius 1 is 1.08 bits per heavy atom. The third-order valence-electron chi connectivity index (χ3n) is 6.80. The first kappa shape index (κ1) is 17.5. The van der Waals surface area contributed by atoms with Gasteiger partial charge >= 0.3 is 0 Å². The third-order valence-corrected chi connectivity index (χ3v) is 6.80. The van der Waals surface area contributed by atoms with E-state index in [4.69, 9.17) is 5.73 Å². The molecule has 4 atom stereocenters. The first-order valence-corrected chi connectivity index (χ1v) is 9.95. The van der Waals surface area contributed by atoms with Crippen LogP contribution in [-0.2, 0) is 4.79 Å². The first-order valence-electron chi connectivity index (χ1n) is 9.95. The highest BCUT2D eigenvalue weighted by molar-refractivity contribution is 5.95. The van der Waals surface area contributed by atoms with E-state index in [0.717, 1.165) is 49.9 Å². The number of nitrogens with zero attached hydrogens (tertiary/aromatic N) is 1. The zero-order chi connectivity index (χ0) is 18.3. The van der Waals surface area contributed by atoms with Crippen LogP contribution in [0, 0.1) is 24.7 Å². The molecule has 5 heteroatoms. The summed E-state index contributed by atoms with van der Waals surface area (Å²) in [5.41, 5.74) is 8.06. The van der Waals surface area contributed by atoms with E-state index in [1.54, 1.807) is 0 Å². The molecule has 2 saturated carbocycles. The van der Waals surface area contributed by atoms with Crippen molar-refractivity contribution in [2.24, 2.45) is 23.5 Å². The number of rotatable bonds is 3. The minimum absolute atomic E-state index is 0.0111. The van der Waals surface area contributed by atoms with Crippen molar-refractivity contribution in [2.75, 3.05) is 13.1 Å². The highest BCUT2D eigenvalue weighted by Crippen LogP contribution is 2.48. The molecule has 3 fully saturated rings. The molecule has 0 spiro atoms. The fraction of sp³-hybridized carbons (Fsp3) is 0.619. The smallest absolute Gasteiger partial charge is 0.251 e. The van der Waals surface area contributed by atoms with Crippen LogP contribution in [0.1, 0.15) is 48.0 Å². The molecule has 1 saturated heterocycles. The number of carbonyl (C=O) groups is 2. The normalized spacial score (nSPS) is 31.2. The van der Waals surface area contributed by atoms with Crippen LogP contribution >= 0.6 is 0 Å². The maximum atomic E-state index is 13.0. The number of benzene rings is 1. The Balaban J connectivity index is 1.31. The molecule has 2 bridgehead atoms. The highest BCUT2D eigenvalue weighted by Gasteiger charge is 2.50. The number of hydrogen-bond donors (Lipinski definition) is 2. The molecule has 2 aliphatic carbocycles. The van der Waals surface area contributed by atoms with Gasteiger partial charge in [-0.05, 0) is 62.5 Å². The van der Waals surface area contributed by atoms with Gasteiger partial charge in [0.05, 0.1) is 5.92 Å². The van der Waals surface area contributed by atoms with Crippen molar-refractivity contribution in [3.8, 4) is 0 Å². The predicted molar refractivity (Wildman–Crippen MR) is 101 cm³/mol. The summed E-state index contributed by atoms with van der Waals surface area (Å²) in [6, 6.07) is 7.84. The van der Waals surface area contributed by atoms with Gasteiger partial charge in [0.15, 0.2) is 0 Å². The van der Waals surface area contributed by atoms with E-state index < -0.39 is 0 Å². The van der Waals surface area contributed by atoms with Crippen molar-refractivity contribution in [3.05, 3.63) is 35.4 Å². The number of nitrogens with one attached hydrogen (secondary N) is 1. The number of carbonyl (C=O) groups excluding carboxylic acids is 2. The third kappa shape index (κ3) is 3.13. The Morgan fingerprint density at radius 3 is 2.42 bits per heavy atom. The number of nitrogens with two attached hydrogens (primary N) is 1. The molecule has 0 aromatic heterocycles. The second kappa shape index (κ2) is 7.03. The van der Waals surface area contributed by atoms with Crippen molar-refractivity contribution < 1.29 is 9.59 Å². The quantitative estimate of drug-likeness (QED) is 0.872. The summed E-state index contributed by atoms with van der Waals surface area (Å²) < 4.78 is 0. The van der Waals surface area contributed by atoms with Crippen LogP contribution < -0.4 is 11.1 Å². The number of piperidine rings is 1. The minimum atomic E-state index is -0.0111. The van der Waals surface area contributed by atoms with Crippen molar-refractivity contribution in [3.63, 3.8) is 0 Å². The molecule has 5 nitrogen and oxygen atoms in total. The average molecular weight is 355 g/mol. The van der Waals surface area contributed by atoms with E-state index >= 15 is 0 Å². The van der Waals surface area contributed by atoms with Crippen molar-refractivity contribution in [2.45, 2.75) is 51.1 Å². The molecule has 1 heterocycles. The SMILES string of the molecule is Cc1ccccc1C(=O)NC1CCN(C(=O)C2C3CCC(C3)C2N)CC1. The topological polar surface area (TPSA) is 75.4 Å². The summed E-state index contributed by atoms with van der Waals surface area (Å²) >= 11 is 0. The second-order valence-corrected chi connectivity index (χ2v) is 8.32. The largest absolute Gasteiger partial charge is 0.349 e. The monoisotopic (exact) mass is 355 g/mol. The number of likely N-dealkylation sites (tertiary alicyclic amines) is 1. The number of aryl methyl sites for hydroxylation is 1. The molecule has 140 valence electrons. The lowest BCUT2D eigenvalue weighted by molar-refractivity contribution is -0.138. The van der Waals surface area contributed by atoms with Crippen LogP contribution in [0.5, 0.6) is 0 Å². The van der Waals surface area contributed by atoms with Gasteiger partial charge in [-0.1, -0.05) is 18.2 Å². The van der Waals surface area contributed by atoms with Gasteiger partial charge in [-0.3, -0.25) is 9.59 Å².